The van der Waals surface area contributed by atoms with Gasteiger partial charge in [0, 0.05) is 60.7 Å². The Morgan fingerprint density at radius 3 is 1.11 bits per heavy atom. The van der Waals surface area contributed by atoms with Crippen molar-refractivity contribution in [3.63, 3.8) is 0 Å². The van der Waals surface area contributed by atoms with Gasteiger partial charge >= 0.3 is 11.9 Å². The smallest absolute Gasteiger partial charge is 0.306 e. The van der Waals surface area contributed by atoms with Gasteiger partial charge in [-0.05, 0) is 68.2 Å². The lowest BCUT2D eigenvalue weighted by Gasteiger charge is -2.46. The number of unbranched alkanes of at least 4 members (excludes halogenated alkanes) is 4. The number of ether oxygens (including phenoxy) is 2. The van der Waals surface area contributed by atoms with E-state index in [9.17, 15) is 9.59 Å². The molecule has 2 saturated heterocycles. The summed E-state index contributed by atoms with van der Waals surface area (Å²) >= 11 is 0. The summed E-state index contributed by atoms with van der Waals surface area (Å²) in [6.07, 6.45) is 11.3. The van der Waals surface area contributed by atoms with Crippen LogP contribution < -0.4 is 10.6 Å². The normalized spacial score (nSPS) is 22.7. The molecule has 0 aliphatic carbocycles. The van der Waals surface area contributed by atoms with Gasteiger partial charge in [0.25, 0.3) is 0 Å². The van der Waals surface area contributed by atoms with E-state index in [-0.39, 0.29) is 46.3 Å². The zero-order valence-corrected chi connectivity index (χ0v) is 25.3. The minimum Gasteiger partial charge on any atom is -0.462 e. The predicted molar refractivity (Wildman–Crippen MR) is 149 cm³/mol. The maximum atomic E-state index is 11.8. The summed E-state index contributed by atoms with van der Waals surface area (Å²) in [5, 5.41) is 7.19. The Balaban J connectivity index is 0.000000360. The van der Waals surface area contributed by atoms with Crippen molar-refractivity contribution in [1.82, 2.24) is 10.6 Å². The number of nitrogens with one attached hydrogen (secondary N) is 2. The molecule has 0 radical (unpaired) electrons. The molecule has 0 aromatic rings. The molecule has 0 atom stereocenters. The van der Waals surface area contributed by atoms with Crippen LogP contribution in [0, 0.1) is 0 Å². The van der Waals surface area contributed by atoms with Crippen LogP contribution in [0.25, 0.3) is 0 Å². The van der Waals surface area contributed by atoms with E-state index >= 15 is 0 Å². The monoisotopic (exact) mass is 510 g/mol. The van der Waals surface area contributed by atoms with Crippen molar-refractivity contribution >= 4 is 11.9 Å². The van der Waals surface area contributed by atoms with Gasteiger partial charge in [-0.15, -0.1) is 0 Å². The van der Waals surface area contributed by atoms with Gasteiger partial charge in [-0.25, -0.2) is 0 Å². The Morgan fingerprint density at radius 1 is 0.583 bits per heavy atom. The minimum atomic E-state index is -0.0260. The van der Waals surface area contributed by atoms with Gasteiger partial charge in [0.2, 0.25) is 0 Å². The lowest BCUT2D eigenvalue weighted by Crippen LogP contribution is -2.59. The van der Waals surface area contributed by atoms with E-state index in [1.165, 1.54) is 0 Å². The molecule has 0 saturated carbocycles. The van der Waals surface area contributed by atoms with E-state index in [1.807, 2.05) is 0 Å². The van der Waals surface area contributed by atoms with E-state index in [2.05, 4.69) is 79.9 Å². The molecule has 0 aromatic carbocycles. The molecule has 2 heterocycles. The maximum Gasteiger partial charge on any atom is 0.306 e. The number of hydrogen-bond donors (Lipinski definition) is 2. The Morgan fingerprint density at radius 2 is 0.861 bits per heavy atom. The molecular formula is C30H58N2O4. The summed E-state index contributed by atoms with van der Waals surface area (Å²) in [5.74, 6) is -0.0519. The molecule has 2 aliphatic heterocycles. The van der Waals surface area contributed by atoms with Gasteiger partial charge in [-0.1, -0.05) is 39.5 Å². The van der Waals surface area contributed by atoms with Gasteiger partial charge in [-0.3, -0.25) is 9.59 Å². The van der Waals surface area contributed by atoms with Crippen LogP contribution in [0.2, 0.25) is 0 Å². The first kappa shape index (κ1) is 32.9. The van der Waals surface area contributed by atoms with E-state index in [0.29, 0.717) is 12.8 Å². The molecule has 0 spiro atoms. The Hall–Kier alpha value is -1.14. The Labute approximate surface area is 222 Å². The average Bonchev–Trinajstić information content (AvgIpc) is 2.63. The number of rotatable bonds is 10. The molecular weight excluding hydrogens is 452 g/mol. The third-order valence-electron chi connectivity index (χ3n) is 6.87. The highest BCUT2D eigenvalue weighted by atomic mass is 16.5. The largest absolute Gasteiger partial charge is 0.462 e. The molecule has 0 bridgehead atoms. The second-order valence-corrected chi connectivity index (χ2v) is 13.7. The summed E-state index contributed by atoms with van der Waals surface area (Å²) < 4.78 is 11.3. The number of piperidine rings is 2. The second-order valence-electron chi connectivity index (χ2n) is 13.7. The fourth-order valence-corrected chi connectivity index (χ4v) is 6.15. The molecule has 0 amide bonds. The Bertz CT molecular complexity index is 594. The standard InChI is InChI=1S/2C15H29NO2/c2*1-6-7-8-9-13(17)18-12-10-14(2,3)16-15(4,5)11-12/h2*12,16H,6-11H2,1-5H3. The highest BCUT2D eigenvalue weighted by molar-refractivity contribution is 5.69. The summed E-state index contributed by atoms with van der Waals surface area (Å²) in [4.78, 5) is 23.5. The van der Waals surface area contributed by atoms with Gasteiger partial charge < -0.3 is 20.1 Å². The molecule has 2 aliphatic rings. The molecule has 2 fully saturated rings. The summed E-state index contributed by atoms with van der Waals surface area (Å²) in [7, 11) is 0. The van der Waals surface area contributed by atoms with Crippen LogP contribution >= 0.6 is 0 Å². The first-order valence-electron chi connectivity index (χ1n) is 14.5. The van der Waals surface area contributed by atoms with Crippen LogP contribution in [0.5, 0.6) is 0 Å². The molecule has 36 heavy (non-hydrogen) atoms. The van der Waals surface area contributed by atoms with Gasteiger partial charge in [0.15, 0.2) is 0 Å². The van der Waals surface area contributed by atoms with Crippen LogP contribution in [0.3, 0.4) is 0 Å². The maximum absolute atomic E-state index is 11.8. The lowest BCUT2D eigenvalue weighted by atomic mass is 9.81. The predicted octanol–water partition coefficient (Wildman–Crippen LogP) is 6.84. The zero-order valence-electron chi connectivity index (χ0n) is 25.3. The number of carbonyl (C=O) groups excluding carboxylic acids is 2. The molecule has 2 rings (SSSR count). The number of carbonyl (C=O) groups is 2. The quantitative estimate of drug-likeness (QED) is 0.247. The van der Waals surface area contributed by atoms with Crippen molar-refractivity contribution < 1.29 is 19.1 Å². The van der Waals surface area contributed by atoms with Crippen molar-refractivity contribution in [2.24, 2.45) is 0 Å². The van der Waals surface area contributed by atoms with Crippen LogP contribution in [0.1, 0.15) is 146 Å². The van der Waals surface area contributed by atoms with Crippen molar-refractivity contribution in [2.45, 2.75) is 181 Å². The summed E-state index contributed by atoms with van der Waals surface area (Å²) in [5.41, 5.74) is 0.151. The highest BCUT2D eigenvalue weighted by Gasteiger charge is 2.40. The Kier molecular flexibility index (Phi) is 12.9. The van der Waals surface area contributed by atoms with E-state index in [1.54, 1.807) is 0 Å². The SMILES string of the molecule is CCCCCC(=O)OC1CC(C)(C)NC(C)(C)C1.CCCCCC(=O)OC1CC(C)(C)NC(C)(C)C1. The van der Waals surface area contributed by atoms with Crippen LogP contribution in [0.4, 0.5) is 0 Å². The first-order valence-corrected chi connectivity index (χ1v) is 14.5. The summed E-state index contributed by atoms with van der Waals surface area (Å²) in [6, 6.07) is 0. The van der Waals surface area contributed by atoms with Crippen molar-refractivity contribution in [3.05, 3.63) is 0 Å². The topological polar surface area (TPSA) is 76.7 Å². The van der Waals surface area contributed by atoms with Gasteiger partial charge in [-0.2, -0.15) is 0 Å². The minimum absolute atomic E-state index is 0.0260. The fraction of sp³-hybridized carbons (Fsp3) is 0.933. The first-order chi connectivity index (χ1) is 16.5. The third-order valence-corrected chi connectivity index (χ3v) is 6.87. The summed E-state index contributed by atoms with van der Waals surface area (Å²) in [6.45, 7) is 21.7. The van der Waals surface area contributed by atoms with Crippen molar-refractivity contribution in [1.29, 1.82) is 0 Å². The zero-order chi connectivity index (χ0) is 27.6. The van der Waals surface area contributed by atoms with E-state index in [0.717, 1.165) is 64.2 Å². The van der Waals surface area contributed by atoms with E-state index < -0.39 is 0 Å². The van der Waals surface area contributed by atoms with E-state index in [4.69, 9.17) is 9.47 Å². The molecule has 0 unspecified atom stereocenters. The third kappa shape index (κ3) is 14.0. The molecule has 212 valence electrons. The number of hydrogen-bond acceptors (Lipinski definition) is 6. The second kappa shape index (κ2) is 14.1. The van der Waals surface area contributed by atoms with Gasteiger partial charge in [0.05, 0.1) is 0 Å². The molecule has 6 heteroatoms. The molecule has 0 aromatic heterocycles. The van der Waals surface area contributed by atoms with Gasteiger partial charge in [0.1, 0.15) is 12.2 Å². The molecule has 6 nitrogen and oxygen atoms in total. The van der Waals surface area contributed by atoms with Crippen LogP contribution in [-0.4, -0.2) is 46.3 Å². The van der Waals surface area contributed by atoms with Crippen LogP contribution in [0.15, 0.2) is 0 Å². The highest BCUT2D eigenvalue weighted by Crippen LogP contribution is 2.31. The average molecular weight is 511 g/mol. The van der Waals surface area contributed by atoms with Crippen molar-refractivity contribution in [3.8, 4) is 0 Å². The fourth-order valence-electron chi connectivity index (χ4n) is 6.15. The van der Waals surface area contributed by atoms with Crippen molar-refractivity contribution in [2.75, 3.05) is 0 Å². The number of esters is 2. The lowest BCUT2D eigenvalue weighted by molar-refractivity contribution is -0.154. The van der Waals surface area contributed by atoms with Crippen LogP contribution in [-0.2, 0) is 19.1 Å². The molecule has 2 N–H and O–H groups in total.